The van der Waals surface area contributed by atoms with Crippen LogP contribution in [0.15, 0.2) is 18.2 Å². The molecule has 3 unspecified atom stereocenters. The van der Waals surface area contributed by atoms with E-state index in [2.05, 4.69) is 25.1 Å². The standard InChI is InChI=1S/C22H34O.C5H10O2.C2H6/c1-3-4-5-6-7-8-10-17-13-14-19-16-21-18(15-20(17)19)11-9-12-22(21)23-2;6-5-3-1-2-4-7-5;1-2/h9,11-12,17,19-20H,3-8,10,13-16H2,1-2H3;5-6H,1-4H2;1-2H3/t17?,19-,20?;;/m1../s1. The summed E-state index contributed by atoms with van der Waals surface area (Å²) in [6, 6.07) is 6.66. The molecule has 3 nitrogen and oxygen atoms in total. The van der Waals surface area contributed by atoms with Crippen LogP contribution in [0, 0.1) is 17.8 Å². The number of hydrogen-bond donors (Lipinski definition) is 1. The maximum absolute atomic E-state index is 8.69. The first-order valence-electron chi connectivity index (χ1n) is 13.7. The van der Waals surface area contributed by atoms with Gasteiger partial charge in [0, 0.05) is 6.61 Å². The smallest absolute Gasteiger partial charge is 0.154 e. The van der Waals surface area contributed by atoms with E-state index in [1.54, 1.807) is 5.56 Å². The van der Waals surface area contributed by atoms with Crippen molar-refractivity contribution in [1.82, 2.24) is 0 Å². The van der Waals surface area contributed by atoms with Gasteiger partial charge >= 0.3 is 0 Å². The molecule has 0 spiro atoms. The lowest BCUT2D eigenvalue weighted by Crippen LogP contribution is -2.25. The van der Waals surface area contributed by atoms with Gasteiger partial charge in [-0.3, -0.25) is 0 Å². The second-order valence-corrected chi connectivity index (χ2v) is 9.65. The number of benzene rings is 1. The number of methoxy groups -OCH3 is 1. The molecule has 0 radical (unpaired) electrons. The highest BCUT2D eigenvalue weighted by Crippen LogP contribution is 2.48. The summed E-state index contributed by atoms with van der Waals surface area (Å²) < 4.78 is 10.4. The van der Waals surface area contributed by atoms with Crippen LogP contribution in [0.5, 0.6) is 5.75 Å². The van der Waals surface area contributed by atoms with Crippen LogP contribution < -0.4 is 4.74 Å². The molecule has 3 aliphatic rings. The van der Waals surface area contributed by atoms with E-state index in [9.17, 15) is 0 Å². The van der Waals surface area contributed by atoms with Crippen molar-refractivity contribution >= 4 is 0 Å². The molecule has 1 aliphatic heterocycles. The SMILES string of the molecule is CC.CCCCCCCCC1CC[C@@H]2Cc3c(cccc3OC)CC12.OC1CCCCO1. The van der Waals surface area contributed by atoms with Gasteiger partial charge in [0.15, 0.2) is 6.29 Å². The lowest BCUT2D eigenvalue weighted by molar-refractivity contribution is -0.123. The third kappa shape index (κ3) is 8.37. The number of fused-ring (bicyclic) bond motifs is 2. The Morgan fingerprint density at radius 3 is 2.41 bits per heavy atom. The Balaban J connectivity index is 0.000000340. The highest BCUT2D eigenvalue weighted by molar-refractivity contribution is 5.42. The van der Waals surface area contributed by atoms with Gasteiger partial charge in [-0.25, -0.2) is 0 Å². The summed E-state index contributed by atoms with van der Waals surface area (Å²) in [4.78, 5) is 0. The van der Waals surface area contributed by atoms with Gasteiger partial charge in [-0.1, -0.05) is 77.8 Å². The Bertz CT molecular complexity index is 608. The summed E-state index contributed by atoms with van der Waals surface area (Å²) in [5, 5.41) is 8.69. The fourth-order valence-corrected chi connectivity index (χ4v) is 5.84. The third-order valence-corrected chi connectivity index (χ3v) is 7.58. The maximum Gasteiger partial charge on any atom is 0.154 e. The van der Waals surface area contributed by atoms with Crippen molar-refractivity contribution in [1.29, 1.82) is 0 Å². The summed E-state index contributed by atoms with van der Waals surface area (Å²) in [6.45, 7) is 7.04. The molecule has 1 heterocycles. The van der Waals surface area contributed by atoms with Gasteiger partial charge in [-0.15, -0.1) is 0 Å². The molecule has 1 N–H and O–H groups in total. The molecule has 4 rings (SSSR count). The fourth-order valence-electron chi connectivity index (χ4n) is 5.84. The number of hydrogen-bond acceptors (Lipinski definition) is 3. The second-order valence-electron chi connectivity index (χ2n) is 9.65. The lowest BCUT2D eigenvalue weighted by Gasteiger charge is -2.32. The molecule has 4 atom stereocenters. The van der Waals surface area contributed by atoms with E-state index in [-0.39, 0.29) is 0 Å². The predicted molar refractivity (Wildman–Crippen MR) is 135 cm³/mol. The Hall–Kier alpha value is -1.06. The highest BCUT2D eigenvalue weighted by Gasteiger charge is 2.39. The van der Waals surface area contributed by atoms with E-state index in [0.29, 0.717) is 0 Å². The van der Waals surface area contributed by atoms with Crippen LogP contribution in [-0.4, -0.2) is 25.1 Å². The van der Waals surface area contributed by atoms with E-state index in [0.717, 1.165) is 49.4 Å². The summed E-state index contributed by atoms with van der Waals surface area (Å²) >= 11 is 0. The van der Waals surface area contributed by atoms with Crippen molar-refractivity contribution in [2.24, 2.45) is 17.8 Å². The quantitative estimate of drug-likeness (QED) is 0.415. The third-order valence-electron chi connectivity index (χ3n) is 7.58. The zero-order valence-corrected chi connectivity index (χ0v) is 21.4. The Morgan fingerprint density at radius 2 is 1.75 bits per heavy atom. The summed E-state index contributed by atoms with van der Waals surface area (Å²) in [5.41, 5.74) is 3.08. The van der Waals surface area contributed by atoms with Crippen LogP contribution in [0.1, 0.15) is 109 Å². The molecule has 1 aromatic carbocycles. The van der Waals surface area contributed by atoms with E-state index in [1.165, 1.54) is 76.2 Å². The largest absolute Gasteiger partial charge is 0.496 e. The van der Waals surface area contributed by atoms with Crippen molar-refractivity contribution in [3.05, 3.63) is 29.3 Å². The molecule has 2 aliphatic carbocycles. The molecule has 2 fully saturated rings. The van der Waals surface area contributed by atoms with Gasteiger partial charge in [0.25, 0.3) is 0 Å². The van der Waals surface area contributed by atoms with Gasteiger partial charge in [-0.2, -0.15) is 0 Å². The molecular weight excluding hydrogens is 396 g/mol. The molecule has 1 aromatic rings. The molecule has 184 valence electrons. The minimum absolute atomic E-state index is 0.464. The molecular formula is C29H50O3. The number of aliphatic hydroxyl groups excluding tert-OH is 1. The van der Waals surface area contributed by atoms with Gasteiger partial charge in [-0.05, 0) is 79.9 Å². The van der Waals surface area contributed by atoms with Crippen molar-refractivity contribution < 1.29 is 14.6 Å². The van der Waals surface area contributed by atoms with Gasteiger partial charge < -0.3 is 14.6 Å². The molecule has 1 saturated carbocycles. The first-order chi connectivity index (χ1) is 15.7. The van der Waals surface area contributed by atoms with Crippen LogP contribution in [-0.2, 0) is 17.6 Å². The highest BCUT2D eigenvalue weighted by atomic mass is 16.6. The topological polar surface area (TPSA) is 38.7 Å². The molecule has 32 heavy (non-hydrogen) atoms. The van der Waals surface area contributed by atoms with E-state index >= 15 is 0 Å². The Morgan fingerprint density at radius 1 is 0.969 bits per heavy atom. The molecule has 0 amide bonds. The summed E-state index contributed by atoms with van der Waals surface area (Å²) in [5.74, 6) is 3.99. The lowest BCUT2D eigenvalue weighted by atomic mass is 9.73. The van der Waals surface area contributed by atoms with Crippen molar-refractivity contribution in [2.45, 2.75) is 117 Å². The van der Waals surface area contributed by atoms with Crippen molar-refractivity contribution in [3.8, 4) is 5.75 Å². The second kappa shape index (κ2) is 15.7. The number of unbranched alkanes of at least 4 members (excludes halogenated alkanes) is 5. The number of aliphatic hydroxyl groups is 1. The van der Waals surface area contributed by atoms with Crippen LogP contribution in [0.25, 0.3) is 0 Å². The van der Waals surface area contributed by atoms with Crippen LogP contribution in [0.2, 0.25) is 0 Å². The summed E-state index contributed by atoms with van der Waals surface area (Å²) in [7, 11) is 1.82. The van der Waals surface area contributed by atoms with Crippen molar-refractivity contribution in [3.63, 3.8) is 0 Å². The maximum atomic E-state index is 8.69. The van der Waals surface area contributed by atoms with E-state index < -0.39 is 6.29 Å². The Kier molecular flexibility index (Phi) is 13.4. The Labute approximate surface area is 198 Å². The molecule has 0 aromatic heterocycles. The van der Waals surface area contributed by atoms with Gasteiger partial charge in [0.1, 0.15) is 5.75 Å². The van der Waals surface area contributed by atoms with Crippen molar-refractivity contribution in [2.75, 3.05) is 13.7 Å². The first-order valence-corrected chi connectivity index (χ1v) is 13.7. The zero-order chi connectivity index (χ0) is 23.2. The number of rotatable bonds is 8. The first kappa shape index (κ1) is 27.2. The predicted octanol–water partition coefficient (Wildman–Crippen LogP) is 7.72. The van der Waals surface area contributed by atoms with E-state index in [4.69, 9.17) is 14.6 Å². The summed E-state index contributed by atoms with van der Waals surface area (Å²) in [6.07, 6.45) is 18.1. The molecule has 0 bridgehead atoms. The van der Waals surface area contributed by atoms with Crippen LogP contribution in [0.4, 0.5) is 0 Å². The average molecular weight is 447 g/mol. The van der Waals surface area contributed by atoms with Gasteiger partial charge in [0.05, 0.1) is 7.11 Å². The zero-order valence-electron chi connectivity index (χ0n) is 21.4. The normalized spacial score (nSPS) is 26.0. The van der Waals surface area contributed by atoms with Crippen LogP contribution >= 0.6 is 0 Å². The average Bonchev–Trinajstić information content (AvgIpc) is 3.23. The molecule has 3 heteroatoms. The minimum atomic E-state index is -0.464. The monoisotopic (exact) mass is 446 g/mol. The van der Waals surface area contributed by atoms with E-state index in [1.807, 2.05) is 21.0 Å². The molecule has 1 saturated heterocycles. The van der Waals surface area contributed by atoms with Crippen LogP contribution in [0.3, 0.4) is 0 Å². The fraction of sp³-hybridized carbons (Fsp3) is 0.793. The minimum Gasteiger partial charge on any atom is -0.496 e. The van der Waals surface area contributed by atoms with Gasteiger partial charge in [0.2, 0.25) is 0 Å². The number of ether oxygens (including phenoxy) is 2.